The van der Waals surface area contributed by atoms with E-state index < -0.39 is 0 Å². The summed E-state index contributed by atoms with van der Waals surface area (Å²) in [6.07, 6.45) is 2.05. The highest BCUT2D eigenvalue weighted by Gasteiger charge is 2.44. The molecule has 1 aromatic rings. The topological polar surface area (TPSA) is 23.8 Å². The summed E-state index contributed by atoms with van der Waals surface area (Å²) in [5, 5.41) is 9.86. The molecule has 2 heteroatoms. The zero-order chi connectivity index (χ0) is 9.31. The Labute approximate surface area is 86.5 Å². The van der Waals surface area contributed by atoms with Crippen molar-refractivity contribution in [3.8, 4) is 6.07 Å². The predicted octanol–water partition coefficient (Wildman–Crippen LogP) is 3.14. The Morgan fingerprint density at radius 3 is 2.31 bits per heavy atom. The van der Waals surface area contributed by atoms with Crippen LogP contribution in [0.5, 0.6) is 0 Å². The number of benzene rings is 1. The highest BCUT2D eigenvalue weighted by molar-refractivity contribution is 9.08. The molecule has 2 rings (SSSR count). The Hall–Kier alpha value is -0.810. The van der Waals surface area contributed by atoms with E-state index in [9.17, 15) is 0 Å². The second kappa shape index (κ2) is 3.16. The molecule has 1 aliphatic rings. The first-order chi connectivity index (χ1) is 6.30. The molecule has 1 fully saturated rings. The van der Waals surface area contributed by atoms with Crippen LogP contribution < -0.4 is 0 Å². The normalized spacial score (nSPS) is 17.8. The van der Waals surface area contributed by atoms with E-state index >= 15 is 0 Å². The van der Waals surface area contributed by atoms with Gasteiger partial charge >= 0.3 is 0 Å². The molecule has 1 aliphatic carbocycles. The lowest BCUT2D eigenvalue weighted by atomic mass is 9.97. The summed E-state index contributed by atoms with van der Waals surface area (Å²) in [4.78, 5) is 0. The third-order valence-corrected chi connectivity index (χ3v) is 3.27. The van der Waals surface area contributed by atoms with Crippen molar-refractivity contribution in [2.45, 2.75) is 23.6 Å². The van der Waals surface area contributed by atoms with Crippen LogP contribution in [0.3, 0.4) is 0 Å². The maximum Gasteiger partial charge on any atom is 0.0823 e. The fourth-order valence-electron chi connectivity index (χ4n) is 1.50. The molecular formula is C11H10BrN. The van der Waals surface area contributed by atoms with Crippen molar-refractivity contribution in [1.29, 1.82) is 5.26 Å². The largest absolute Gasteiger partial charge is 0.197 e. The van der Waals surface area contributed by atoms with Crippen LogP contribution in [-0.2, 0) is 10.7 Å². The lowest BCUT2D eigenvalue weighted by Crippen LogP contribution is -2.01. The minimum absolute atomic E-state index is 0.134. The van der Waals surface area contributed by atoms with E-state index in [4.69, 9.17) is 5.26 Å². The molecule has 66 valence electrons. The molecular weight excluding hydrogens is 226 g/mol. The maximum absolute atomic E-state index is 8.98. The van der Waals surface area contributed by atoms with Crippen LogP contribution >= 0.6 is 15.9 Å². The first-order valence-electron chi connectivity index (χ1n) is 4.37. The first kappa shape index (κ1) is 8.77. The van der Waals surface area contributed by atoms with Crippen molar-refractivity contribution in [2.24, 2.45) is 0 Å². The molecule has 13 heavy (non-hydrogen) atoms. The fraction of sp³-hybridized carbons (Fsp3) is 0.364. The van der Waals surface area contributed by atoms with Crippen LogP contribution in [0.4, 0.5) is 0 Å². The standard InChI is InChI=1S/C11H10BrN/c12-7-9-1-3-10(4-2-9)11(8-13)5-6-11/h1-4H,5-7H2. The molecule has 0 N–H and O–H groups in total. The molecule has 0 aromatic heterocycles. The summed E-state index contributed by atoms with van der Waals surface area (Å²) in [5.41, 5.74) is 2.31. The summed E-state index contributed by atoms with van der Waals surface area (Å²) in [7, 11) is 0. The first-order valence-corrected chi connectivity index (χ1v) is 5.49. The molecule has 0 heterocycles. The number of hydrogen-bond acceptors (Lipinski definition) is 1. The van der Waals surface area contributed by atoms with Crippen LogP contribution in [0.25, 0.3) is 0 Å². The van der Waals surface area contributed by atoms with Gasteiger partial charge in [-0.3, -0.25) is 0 Å². The molecule has 1 saturated carbocycles. The number of alkyl halides is 1. The third-order valence-electron chi connectivity index (χ3n) is 2.62. The van der Waals surface area contributed by atoms with Gasteiger partial charge < -0.3 is 0 Å². The highest BCUT2D eigenvalue weighted by Crippen LogP contribution is 2.47. The van der Waals surface area contributed by atoms with Crippen molar-refractivity contribution in [2.75, 3.05) is 0 Å². The van der Waals surface area contributed by atoms with E-state index in [0.717, 1.165) is 18.2 Å². The number of rotatable bonds is 2. The minimum atomic E-state index is -0.134. The highest BCUT2D eigenvalue weighted by atomic mass is 79.9. The molecule has 1 aromatic carbocycles. The van der Waals surface area contributed by atoms with E-state index in [1.807, 2.05) is 0 Å². The Morgan fingerprint density at radius 1 is 1.31 bits per heavy atom. The summed E-state index contributed by atoms with van der Waals surface area (Å²) in [6, 6.07) is 10.7. The van der Waals surface area contributed by atoms with Crippen LogP contribution in [0.1, 0.15) is 24.0 Å². The van der Waals surface area contributed by atoms with Gasteiger partial charge in [0.15, 0.2) is 0 Å². The van der Waals surface area contributed by atoms with Gasteiger partial charge in [-0.2, -0.15) is 5.26 Å². The Balaban J connectivity index is 2.29. The van der Waals surface area contributed by atoms with Crippen LogP contribution in [-0.4, -0.2) is 0 Å². The number of nitriles is 1. The van der Waals surface area contributed by atoms with Gasteiger partial charge in [-0.15, -0.1) is 0 Å². The van der Waals surface area contributed by atoms with Crippen molar-refractivity contribution >= 4 is 15.9 Å². The van der Waals surface area contributed by atoms with Gasteiger partial charge in [-0.1, -0.05) is 40.2 Å². The average molecular weight is 236 g/mol. The second-order valence-corrected chi connectivity index (χ2v) is 4.09. The smallest absolute Gasteiger partial charge is 0.0823 e. The lowest BCUT2D eigenvalue weighted by molar-refractivity contribution is 0.907. The van der Waals surface area contributed by atoms with Crippen LogP contribution in [0.15, 0.2) is 24.3 Å². The molecule has 0 aliphatic heterocycles. The van der Waals surface area contributed by atoms with Crippen LogP contribution in [0, 0.1) is 11.3 Å². The van der Waals surface area contributed by atoms with E-state index in [1.165, 1.54) is 11.1 Å². The quantitative estimate of drug-likeness (QED) is 0.723. The minimum Gasteiger partial charge on any atom is -0.197 e. The van der Waals surface area contributed by atoms with Gasteiger partial charge in [0.25, 0.3) is 0 Å². The van der Waals surface area contributed by atoms with Crippen molar-refractivity contribution in [1.82, 2.24) is 0 Å². The number of halogens is 1. The van der Waals surface area contributed by atoms with Gasteiger partial charge in [-0.25, -0.2) is 0 Å². The molecule has 0 spiro atoms. The lowest BCUT2D eigenvalue weighted by Gasteiger charge is -2.05. The van der Waals surface area contributed by atoms with E-state index in [-0.39, 0.29) is 5.41 Å². The predicted molar refractivity (Wildman–Crippen MR) is 55.6 cm³/mol. The van der Waals surface area contributed by atoms with Gasteiger partial charge in [0.1, 0.15) is 0 Å². The van der Waals surface area contributed by atoms with E-state index in [2.05, 4.69) is 46.3 Å². The summed E-state index contributed by atoms with van der Waals surface area (Å²) in [6.45, 7) is 0. The van der Waals surface area contributed by atoms with E-state index in [1.54, 1.807) is 0 Å². The zero-order valence-electron chi connectivity index (χ0n) is 7.26. The van der Waals surface area contributed by atoms with Crippen molar-refractivity contribution in [3.63, 3.8) is 0 Å². The van der Waals surface area contributed by atoms with Gasteiger partial charge in [-0.05, 0) is 24.0 Å². The van der Waals surface area contributed by atoms with Gasteiger partial charge in [0.05, 0.1) is 11.5 Å². The SMILES string of the molecule is N#CC1(c2ccc(CBr)cc2)CC1. The van der Waals surface area contributed by atoms with Gasteiger partial charge in [0.2, 0.25) is 0 Å². The fourth-order valence-corrected chi connectivity index (χ4v) is 1.88. The summed E-state index contributed by atoms with van der Waals surface area (Å²) in [5.74, 6) is 0. The Morgan fingerprint density at radius 2 is 1.92 bits per heavy atom. The van der Waals surface area contributed by atoms with Gasteiger partial charge in [0, 0.05) is 5.33 Å². The Bertz CT molecular complexity index is 343. The molecule has 0 saturated heterocycles. The maximum atomic E-state index is 8.98. The summed E-state index contributed by atoms with van der Waals surface area (Å²) < 4.78 is 0. The monoisotopic (exact) mass is 235 g/mol. The molecule has 0 unspecified atom stereocenters. The van der Waals surface area contributed by atoms with Crippen LogP contribution in [0.2, 0.25) is 0 Å². The molecule has 0 amide bonds. The van der Waals surface area contributed by atoms with Crippen molar-refractivity contribution in [3.05, 3.63) is 35.4 Å². The molecule has 1 nitrogen and oxygen atoms in total. The summed E-state index contributed by atoms with van der Waals surface area (Å²) >= 11 is 3.40. The molecule has 0 atom stereocenters. The van der Waals surface area contributed by atoms with Crippen molar-refractivity contribution < 1.29 is 0 Å². The zero-order valence-corrected chi connectivity index (χ0v) is 8.84. The second-order valence-electron chi connectivity index (χ2n) is 3.52. The Kier molecular flexibility index (Phi) is 2.13. The molecule has 0 bridgehead atoms. The number of nitrogens with zero attached hydrogens (tertiary/aromatic N) is 1. The third kappa shape index (κ3) is 1.49. The molecule has 0 radical (unpaired) electrons. The number of hydrogen-bond donors (Lipinski definition) is 0. The van der Waals surface area contributed by atoms with E-state index in [0.29, 0.717) is 0 Å². The average Bonchev–Trinajstić information content (AvgIpc) is 2.99.